The van der Waals surface area contributed by atoms with Crippen molar-refractivity contribution in [2.45, 2.75) is 91.4 Å². The van der Waals surface area contributed by atoms with Crippen molar-refractivity contribution in [3.05, 3.63) is 23.8 Å². The Labute approximate surface area is 158 Å². The minimum Gasteiger partial charge on any atom is -0.295 e. The average molecular weight is 366 g/mol. The minimum absolute atomic E-state index is 0.383. The summed E-state index contributed by atoms with van der Waals surface area (Å²) in [4.78, 5) is 12.1. The van der Waals surface area contributed by atoms with Crippen LogP contribution in [0.25, 0.3) is 0 Å². The first-order chi connectivity index (χ1) is 12.2. The van der Waals surface area contributed by atoms with E-state index in [1.165, 1.54) is 76.0 Å². The summed E-state index contributed by atoms with van der Waals surface area (Å²) in [6, 6.07) is 0. The summed E-state index contributed by atoms with van der Waals surface area (Å²) >= 11 is 0. The van der Waals surface area contributed by atoms with Crippen LogP contribution in [0.1, 0.15) is 91.4 Å². The normalized spacial score (nSPS) is 14.1. The van der Waals surface area contributed by atoms with Crippen LogP contribution in [0, 0.1) is 0 Å². The molecule has 0 saturated carbocycles. The largest absolute Gasteiger partial charge is 0.295 e. The molecule has 0 fully saturated rings. The third-order valence-corrected chi connectivity index (χ3v) is 10.7. The van der Waals surface area contributed by atoms with Gasteiger partial charge in [-0.3, -0.25) is 4.79 Å². The van der Waals surface area contributed by atoms with Crippen LogP contribution in [-0.2, 0) is 4.79 Å². The number of Topliss-reactive ketones (excluding diaryl/α,β-unsaturated/α-hetero) is 1. The Balaban J connectivity index is 2.39. The lowest BCUT2D eigenvalue weighted by molar-refractivity contribution is -0.115. The summed E-state index contributed by atoms with van der Waals surface area (Å²) in [6.07, 6.45) is 25.8. The molecule has 0 amide bonds. The predicted molar refractivity (Wildman–Crippen MR) is 116 cm³/mol. The predicted octanol–water partition coefficient (Wildman–Crippen LogP) is 7.42. The number of hydrogen-bond acceptors (Lipinski definition) is 1. The highest BCUT2D eigenvalue weighted by Gasteiger charge is 2.34. The number of rotatable bonds is 16. The van der Waals surface area contributed by atoms with E-state index in [0.717, 1.165) is 24.8 Å². The van der Waals surface area contributed by atoms with Gasteiger partial charge < -0.3 is 0 Å². The summed E-state index contributed by atoms with van der Waals surface area (Å²) in [6.45, 7) is 7.02. The van der Waals surface area contributed by atoms with Crippen LogP contribution in [0.5, 0.6) is 0 Å². The monoisotopic (exact) mass is 365 g/mol. The second-order valence-corrected chi connectivity index (χ2v) is 12.3. The Bertz CT molecular complexity index is 400. The first-order valence-electron chi connectivity index (χ1n) is 10.9. The fraction of sp³-hybridized carbons (Fsp3) is 0.783. The van der Waals surface area contributed by atoms with Gasteiger partial charge in [0.05, 0.1) is 24.6 Å². The SMILES string of the molecule is CCCC[P+](CCCC)(CCCC)CCCCCC(=O)C1=CC=CC1. The van der Waals surface area contributed by atoms with Crippen molar-refractivity contribution in [2.75, 3.05) is 24.6 Å². The van der Waals surface area contributed by atoms with Crippen molar-refractivity contribution in [3.63, 3.8) is 0 Å². The van der Waals surface area contributed by atoms with Gasteiger partial charge in [-0.15, -0.1) is 0 Å². The van der Waals surface area contributed by atoms with Gasteiger partial charge in [0, 0.05) is 13.7 Å². The Morgan fingerprint density at radius 1 is 0.840 bits per heavy atom. The molecule has 0 heterocycles. The molecule has 144 valence electrons. The summed E-state index contributed by atoms with van der Waals surface area (Å²) in [5.74, 6) is 0.383. The zero-order valence-electron chi connectivity index (χ0n) is 17.2. The summed E-state index contributed by atoms with van der Waals surface area (Å²) in [7, 11) is -0.737. The quantitative estimate of drug-likeness (QED) is 0.205. The third kappa shape index (κ3) is 9.18. The van der Waals surface area contributed by atoms with Crippen LogP contribution in [0.4, 0.5) is 0 Å². The van der Waals surface area contributed by atoms with E-state index in [1.807, 2.05) is 12.2 Å². The van der Waals surface area contributed by atoms with Gasteiger partial charge in [0.2, 0.25) is 0 Å². The summed E-state index contributed by atoms with van der Waals surface area (Å²) in [5, 5.41) is 0. The third-order valence-electron chi connectivity index (χ3n) is 5.62. The molecule has 0 radical (unpaired) electrons. The number of unbranched alkanes of at least 4 members (excludes halogenated alkanes) is 5. The molecular weight excluding hydrogens is 323 g/mol. The van der Waals surface area contributed by atoms with E-state index < -0.39 is 7.26 Å². The van der Waals surface area contributed by atoms with Crippen molar-refractivity contribution < 1.29 is 4.79 Å². The lowest BCUT2D eigenvalue weighted by Crippen LogP contribution is -2.13. The molecule has 0 aromatic carbocycles. The highest BCUT2D eigenvalue weighted by atomic mass is 31.2. The molecule has 1 aliphatic rings. The topological polar surface area (TPSA) is 17.1 Å². The molecule has 0 aromatic rings. The van der Waals surface area contributed by atoms with Crippen molar-refractivity contribution in [1.82, 2.24) is 0 Å². The molecule has 0 spiro atoms. The number of ketones is 1. The van der Waals surface area contributed by atoms with E-state index in [0.29, 0.717) is 5.78 Å². The molecule has 0 atom stereocenters. The number of hydrogen-bond donors (Lipinski definition) is 0. The van der Waals surface area contributed by atoms with Crippen molar-refractivity contribution in [3.8, 4) is 0 Å². The van der Waals surface area contributed by atoms with Gasteiger partial charge in [-0.1, -0.05) is 58.3 Å². The molecule has 0 aliphatic heterocycles. The van der Waals surface area contributed by atoms with Crippen LogP contribution in [0.15, 0.2) is 23.8 Å². The maximum atomic E-state index is 12.1. The first kappa shape index (κ1) is 22.6. The van der Waals surface area contributed by atoms with Crippen molar-refractivity contribution >= 4 is 13.0 Å². The van der Waals surface area contributed by atoms with Gasteiger partial charge in [0.25, 0.3) is 0 Å². The molecule has 2 heteroatoms. The number of carbonyl (C=O) groups is 1. The minimum atomic E-state index is -0.737. The maximum absolute atomic E-state index is 12.1. The molecule has 1 aliphatic carbocycles. The number of allylic oxidation sites excluding steroid dienone is 4. The second-order valence-electron chi connectivity index (χ2n) is 7.85. The van der Waals surface area contributed by atoms with Gasteiger partial charge in [0.1, 0.15) is 0 Å². The van der Waals surface area contributed by atoms with Gasteiger partial charge in [-0.25, -0.2) is 0 Å². The van der Waals surface area contributed by atoms with E-state index in [9.17, 15) is 4.79 Å². The molecule has 25 heavy (non-hydrogen) atoms. The molecule has 0 aromatic heterocycles. The average Bonchev–Trinajstić information content (AvgIpc) is 3.17. The van der Waals surface area contributed by atoms with Crippen molar-refractivity contribution in [1.29, 1.82) is 0 Å². The molecule has 0 bridgehead atoms. The van der Waals surface area contributed by atoms with E-state index in [2.05, 4.69) is 26.8 Å². The fourth-order valence-corrected chi connectivity index (χ4v) is 9.07. The first-order valence-corrected chi connectivity index (χ1v) is 13.4. The highest BCUT2D eigenvalue weighted by molar-refractivity contribution is 7.75. The second kappa shape index (κ2) is 13.7. The number of carbonyl (C=O) groups excluding carboxylic acids is 1. The van der Waals surface area contributed by atoms with Gasteiger partial charge in [-0.05, 0) is 50.5 Å². The molecule has 1 nitrogen and oxygen atoms in total. The smallest absolute Gasteiger partial charge is 0.159 e. The Hall–Kier alpha value is -0.420. The van der Waals surface area contributed by atoms with Crippen LogP contribution in [-0.4, -0.2) is 30.4 Å². The van der Waals surface area contributed by atoms with Crippen molar-refractivity contribution in [2.24, 2.45) is 0 Å². The highest BCUT2D eigenvalue weighted by Crippen LogP contribution is 2.61. The lowest BCUT2D eigenvalue weighted by atomic mass is 10.0. The Morgan fingerprint density at radius 3 is 1.88 bits per heavy atom. The molecule has 0 N–H and O–H groups in total. The van der Waals surface area contributed by atoms with E-state index >= 15 is 0 Å². The fourth-order valence-electron chi connectivity index (χ4n) is 3.88. The molecule has 0 saturated heterocycles. The van der Waals surface area contributed by atoms with Crippen LogP contribution in [0.3, 0.4) is 0 Å². The van der Waals surface area contributed by atoms with E-state index in [4.69, 9.17) is 0 Å². The van der Waals surface area contributed by atoms with E-state index in [-0.39, 0.29) is 0 Å². The molecular formula is C23H42OP+. The zero-order chi connectivity index (χ0) is 18.4. The summed E-state index contributed by atoms with van der Waals surface area (Å²) in [5.41, 5.74) is 1.02. The Kier molecular flexibility index (Phi) is 12.4. The van der Waals surface area contributed by atoms with Crippen LogP contribution >= 0.6 is 7.26 Å². The lowest BCUT2D eigenvalue weighted by Gasteiger charge is -2.28. The zero-order valence-corrected chi connectivity index (χ0v) is 18.1. The molecule has 0 unspecified atom stereocenters. The Morgan fingerprint density at radius 2 is 1.40 bits per heavy atom. The van der Waals surface area contributed by atoms with Gasteiger partial charge in [0.15, 0.2) is 5.78 Å². The van der Waals surface area contributed by atoms with Gasteiger partial charge in [-0.2, -0.15) is 0 Å². The van der Waals surface area contributed by atoms with E-state index in [1.54, 1.807) is 0 Å². The van der Waals surface area contributed by atoms with Crippen LogP contribution in [0.2, 0.25) is 0 Å². The van der Waals surface area contributed by atoms with Gasteiger partial charge >= 0.3 is 0 Å². The molecule has 1 rings (SSSR count). The standard InChI is InChI=1S/C23H42OP/c1-4-7-18-25(19-8-5-2,20-9-6-3)21-14-10-11-17-23(24)22-15-12-13-16-22/h12-13,15H,4-11,14,16-21H2,1-3H3/q+1. The summed E-state index contributed by atoms with van der Waals surface area (Å²) < 4.78 is 0. The van der Waals surface area contributed by atoms with Crippen LogP contribution < -0.4 is 0 Å². The maximum Gasteiger partial charge on any atom is 0.159 e.